The summed E-state index contributed by atoms with van der Waals surface area (Å²) in [7, 11) is 0. The number of aliphatic hydroxyl groups excluding tert-OH is 1. The van der Waals surface area contributed by atoms with Crippen molar-refractivity contribution in [1.29, 1.82) is 5.26 Å². The Labute approximate surface area is 111 Å². The molecule has 1 aromatic carbocycles. The topological polar surface area (TPSA) is 66.1 Å². The number of nitriles is 1. The fraction of sp³-hybridized carbons (Fsp3) is 0.200. The molecule has 4 heteroatoms. The number of aliphatic hydroxyl groups is 1. The number of benzene rings is 1. The molecule has 0 aliphatic heterocycles. The molecular weight excluding hydrogens is 240 g/mol. The van der Waals surface area contributed by atoms with Crippen LogP contribution in [0.4, 0.5) is 0 Å². The third-order valence-electron chi connectivity index (χ3n) is 2.67. The summed E-state index contributed by atoms with van der Waals surface area (Å²) in [5.74, 6) is 1.09. The lowest BCUT2D eigenvalue weighted by molar-refractivity contribution is 0.198. The number of nitrogens with zero attached hydrogens (tertiary/aromatic N) is 2. The van der Waals surface area contributed by atoms with Gasteiger partial charge in [0, 0.05) is 12.3 Å². The van der Waals surface area contributed by atoms with Crippen molar-refractivity contribution in [2.24, 2.45) is 0 Å². The smallest absolute Gasteiger partial charge is 0.219 e. The zero-order chi connectivity index (χ0) is 13.7. The van der Waals surface area contributed by atoms with E-state index in [4.69, 9.17) is 10.00 Å². The summed E-state index contributed by atoms with van der Waals surface area (Å²) in [5.41, 5.74) is 1.70. The van der Waals surface area contributed by atoms with Gasteiger partial charge in [-0.25, -0.2) is 4.98 Å². The number of aromatic nitrogens is 1. The van der Waals surface area contributed by atoms with Crippen LogP contribution in [0, 0.1) is 11.3 Å². The highest BCUT2D eigenvalue weighted by Gasteiger charge is 2.04. The van der Waals surface area contributed by atoms with Crippen LogP contribution in [0.1, 0.15) is 24.2 Å². The van der Waals surface area contributed by atoms with Crippen LogP contribution in [0.15, 0.2) is 42.6 Å². The molecule has 0 bridgehead atoms. The third kappa shape index (κ3) is 3.54. The predicted molar refractivity (Wildman–Crippen MR) is 70.7 cm³/mol. The number of ether oxygens (including phenoxy) is 1. The van der Waals surface area contributed by atoms with E-state index in [1.807, 2.05) is 12.1 Å². The standard InChI is InChI=1S/C15H14N2O2/c1-11(18)13-7-9-17-15(10-13)19-14-4-2-12(3-5-14)6-8-16/h2-5,7,9-11,18H,6H2,1H3. The lowest BCUT2D eigenvalue weighted by Crippen LogP contribution is -1.94. The van der Waals surface area contributed by atoms with Gasteiger partial charge in [-0.2, -0.15) is 5.26 Å². The highest BCUT2D eigenvalue weighted by Crippen LogP contribution is 2.22. The molecule has 0 saturated heterocycles. The van der Waals surface area contributed by atoms with Gasteiger partial charge in [0.25, 0.3) is 0 Å². The summed E-state index contributed by atoms with van der Waals surface area (Å²) in [6, 6.07) is 12.8. The van der Waals surface area contributed by atoms with Crippen molar-refractivity contribution in [3.63, 3.8) is 0 Å². The molecule has 0 aliphatic rings. The summed E-state index contributed by atoms with van der Waals surface area (Å²) < 4.78 is 5.60. The molecule has 1 N–H and O–H groups in total. The maximum atomic E-state index is 9.50. The van der Waals surface area contributed by atoms with Gasteiger partial charge in [-0.3, -0.25) is 0 Å². The Kier molecular flexibility index (Phi) is 4.11. The van der Waals surface area contributed by atoms with E-state index in [0.29, 0.717) is 18.1 Å². The van der Waals surface area contributed by atoms with E-state index in [0.717, 1.165) is 11.1 Å². The van der Waals surface area contributed by atoms with Gasteiger partial charge in [-0.1, -0.05) is 12.1 Å². The minimum Gasteiger partial charge on any atom is -0.439 e. The zero-order valence-corrected chi connectivity index (χ0v) is 10.6. The second-order valence-corrected chi connectivity index (χ2v) is 4.18. The van der Waals surface area contributed by atoms with E-state index in [2.05, 4.69) is 11.1 Å². The number of hydrogen-bond acceptors (Lipinski definition) is 4. The van der Waals surface area contributed by atoms with E-state index in [-0.39, 0.29) is 0 Å². The normalized spacial score (nSPS) is 11.6. The van der Waals surface area contributed by atoms with Crippen molar-refractivity contribution in [2.75, 3.05) is 0 Å². The molecule has 0 aliphatic carbocycles. The average Bonchev–Trinajstić information content (AvgIpc) is 2.42. The highest BCUT2D eigenvalue weighted by atomic mass is 16.5. The number of rotatable bonds is 4. The first-order chi connectivity index (χ1) is 9.19. The van der Waals surface area contributed by atoms with E-state index < -0.39 is 6.10 Å². The van der Waals surface area contributed by atoms with Crippen LogP contribution < -0.4 is 4.74 Å². The Morgan fingerprint density at radius 2 is 2.05 bits per heavy atom. The molecule has 0 radical (unpaired) electrons. The third-order valence-corrected chi connectivity index (χ3v) is 2.67. The first-order valence-electron chi connectivity index (χ1n) is 5.97. The molecule has 1 heterocycles. The van der Waals surface area contributed by atoms with Gasteiger partial charge in [-0.15, -0.1) is 0 Å². The van der Waals surface area contributed by atoms with Crippen LogP contribution >= 0.6 is 0 Å². The summed E-state index contributed by atoms with van der Waals surface area (Å²) in [6.07, 6.45) is 1.43. The van der Waals surface area contributed by atoms with Crippen molar-refractivity contribution in [2.45, 2.75) is 19.4 Å². The molecule has 1 unspecified atom stereocenters. The summed E-state index contributed by atoms with van der Waals surface area (Å²) >= 11 is 0. The van der Waals surface area contributed by atoms with Crippen molar-refractivity contribution in [3.05, 3.63) is 53.7 Å². The predicted octanol–water partition coefficient (Wildman–Crippen LogP) is 2.99. The molecular formula is C15H14N2O2. The molecule has 0 amide bonds. The molecule has 0 fully saturated rings. The molecule has 96 valence electrons. The van der Waals surface area contributed by atoms with Crippen LogP contribution in [0.3, 0.4) is 0 Å². The number of hydrogen-bond donors (Lipinski definition) is 1. The minimum absolute atomic E-state index is 0.385. The van der Waals surface area contributed by atoms with Gasteiger partial charge >= 0.3 is 0 Å². The fourth-order valence-corrected chi connectivity index (χ4v) is 1.63. The summed E-state index contributed by atoms with van der Waals surface area (Å²) in [6.45, 7) is 1.69. The van der Waals surface area contributed by atoms with E-state index in [9.17, 15) is 5.11 Å². The van der Waals surface area contributed by atoms with Crippen molar-refractivity contribution < 1.29 is 9.84 Å². The van der Waals surface area contributed by atoms with Gasteiger partial charge in [0.2, 0.25) is 5.88 Å². The molecule has 19 heavy (non-hydrogen) atoms. The quantitative estimate of drug-likeness (QED) is 0.910. The molecule has 4 nitrogen and oxygen atoms in total. The Morgan fingerprint density at radius 3 is 2.68 bits per heavy atom. The SMILES string of the molecule is CC(O)c1ccnc(Oc2ccc(CC#N)cc2)c1. The van der Waals surface area contributed by atoms with E-state index in [1.165, 1.54) is 0 Å². The molecule has 2 aromatic rings. The second-order valence-electron chi connectivity index (χ2n) is 4.18. The van der Waals surface area contributed by atoms with Crippen LogP contribution in [0.5, 0.6) is 11.6 Å². The summed E-state index contributed by atoms with van der Waals surface area (Å²) in [5, 5.41) is 18.1. The van der Waals surface area contributed by atoms with Crippen molar-refractivity contribution in [3.8, 4) is 17.7 Å². The maximum absolute atomic E-state index is 9.50. The maximum Gasteiger partial charge on any atom is 0.219 e. The van der Waals surface area contributed by atoms with E-state index >= 15 is 0 Å². The first-order valence-corrected chi connectivity index (χ1v) is 5.97. The zero-order valence-electron chi connectivity index (χ0n) is 10.6. The van der Waals surface area contributed by atoms with E-state index in [1.54, 1.807) is 37.4 Å². The molecule has 0 spiro atoms. The molecule has 1 atom stereocenters. The minimum atomic E-state index is -0.552. The summed E-state index contributed by atoms with van der Waals surface area (Å²) in [4.78, 5) is 4.09. The van der Waals surface area contributed by atoms with Gasteiger partial charge in [-0.05, 0) is 36.2 Å². The lowest BCUT2D eigenvalue weighted by atomic mass is 10.1. The van der Waals surface area contributed by atoms with Crippen LogP contribution in [0.25, 0.3) is 0 Å². The molecule has 0 saturated carbocycles. The fourth-order valence-electron chi connectivity index (χ4n) is 1.63. The monoisotopic (exact) mass is 254 g/mol. The first kappa shape index (κ1) is 13.1. The molecule has 2 rings (SSSR count). The van der Waals surface area contributed by atoms with Crippen molar-refractivity contribution >= 4 is 0 Å². The van der Waals surface area contributed by atoms with Crippen molar-refractivity contribution in [1.82, 2.24) is 4.98 Å². The Morgan fingerprint density at radius 1 is 1.32 bits per heavy atom. The van der Waals surface area contributed by atoms with Gasteiger partial charge < -0.3 is 9.84 Å². The number of pyridine rings is 1. The Bertz CT molecular complexity index is 586. The van der Waals surface area contributed by atoms with Crippen LogP contribution in [0.2, 0.25) is 0 Å². The Hall–Kier alpha value is -2.38. The lowest BCUT2D eigenvalue weighted by Gasteiger charge is -2.08. The van der Waals surface area contributed by atoms with Gasteiger partial charge in [0.05, 0.1) is 18.6 Å². The largest absolute Gasteiger partial charge is 0.439 e. The average molecular weight is 254 g/mol. The van der Waals surface area contributed by atoms with Crippen LogP contribution in [-0.2, 0) is 6.42 Å². The molecule has 1 aromatic heterocycles. The highest BCUT2D eigenvalue weighted by molar-refractivity contribution is 5.32. The Balaban J connectivity index is 2.12. The van der Waals surface area contributed by atoms with Crippen LogP contribution in [-0.4, -0.2) is 10.1 Å². The van der Waals surface area contributed by atoms with Gasteiger partial charge in [0.1, 0.15) is 5.75 Å². The van der Waals surface area contributed by atoms with Gasteiger partial charge in [0.15, 0.2) is 0 Å². The second kappa shape index (κ2) is 5.98.